The zero-order chi connectivity index (χ0) is 23.9. The second-order valence-corrected chi connectivity index (χ2v) is 9.68. The van der Waals surface area contributed by atoms with Crippen LogP contribution in [0.4, 0.5) is 0 Å². The van der Waals surface area contributed by atoms with Gasteiger partial charge in [-0.05, 0) is 43.4 Å². The fourth-order valence-electron chi connectivity index (χ4n) is 3.73. The third-order valence-corrected chi connectivity index (χ3v) is 5.50. The molecule has 1 fully saturated rings. The first-order valence-electron chi connectivity index (χ1n) is 11.2. The standard InChI is InChI=1S/C22H40N4O5/c1-12(2)10-15(24-20(28)18(23)14(5)6)19(27)25-16(11-13(3)4)21(29)26-9-7-8-17(26)22(30)31/h12-18H,7-11,23H2,1-6H3,(H,24,28)(H,25,27)(H,30,31). The number of amides is 3. The van der Waals surface area contributed by atoms with Gasteiger partial charge in [0.1, 0.15) is 18.1 Å². The lowest BCUT2D eigenvalue weighted by Crippen LogP contribution is -2.58. The molecule has 0 bridgehead atoms. The highest BCUT2D eigenvalue weighted by molar-refractivity contribution is 5.94. The molecule has 0 aromatic rings. The van der Waals surface area contributed by atoms with Crippen LogP contribution in [-0.2, 0) is 19.2 Å². The monoisotopic (exact) mass is 440 g/mol. The lowest BCUT2D eigenvalue weighted by Gasteiger charge is -2.30. The molecule has 0 radical (unpaired) electrons. The summed E-state index contributed by atoms with van der Waals surface area (Å²) in [5, 5.41) is 14.9. The molecule has 9 nitrogen and oxygen atoms in total. The van der Waals surface area contributed by atoms with Crippen LogP contribution in [0.25, 0.3) is 0 Å². The highest BCUT2D eigenvalue weighted by atomic mass is 16.4. The SMILES string of the molecule is CC(C)CC(NC(=O)C(N)C(C)C)C(=O)NC(CC(C)C)C(=O)N1CCCC1C(=O)O. The van der Waals surface area contributed by atoms with E-state index in [9.17, 15) is 24.3 Å². The van der Waals surface area contributed by atoms with Crippen molar-refractivity contribution in [2.45, 2.75) is 91.4 Å². The third-order valence-electron chi connectivity index (χ3n) is 5.50. The summed E-state index contributed by atoms with van der Waals surface area (Å²) in [6, 6.07) is -3.28. The van der Waals surface area contributed by atoms with Crippen LogP contribution in [0.2, 0.25) is 0 Å². The zero-order valence-corrected chi connectivity index (χ0v) is 19.7. The Balaban J connectivity index is 3.01. The molecule has 4 unspecified atom stereocenters. The van der Waals surface area contributed by atoms with Gasteiger partial charge in [-0.3, -0.25) is 14.4 Å². The smallest absolute Gasteiger partial charge is 0.326 e. The van der Waals surface area contributed by atoms with Crippen LogP contribution in [-0.4, -0.2) is 64.4 Å². The number of likely N-dealkylation sites (tertiary alicyclic amines) is 1. The van der Waals surface area contributed by atoms with Gasteiger partial charge in [0.15, 0.2) is 0 Å². The highest BCUT2D eigenvalue weighted by Gasteiger charge is 2.38. The molecular formula is C22H40N4O5. The quantitative estimate of drug-likeness (QED) is 0.379. The normalized spacial score (nSPS) is 19.4. The molecule has 4 atom stereocenters. The molecular weight excluding hydrogens is 400 g/mol. The molecule has 0 aromatic heterocycles. The van der Waals surface area contributed by atoms with E-state index in [1.165, 1.54) is 4.90 Å². The summed E-state index contributed by atoms with van der Waals surface area (Å²) in [6.07, 6.45) is 1.79. The average Bonchev–Trinajstić information content (AvgIpc) is 3.14. The molecule has 0 spiro atoms. The second kappa shape index (κ2) is 12.0. The van der Waals surface area contributed by atoms with Crippen LogP contribution in [0.15, 0.2) is 0 Å². The number of carboxylic acids is 1. The van der Waals surface area contributed by atoms with Crippen molar-refractivity contribution in [2.24, 2.45) is 23.5 Å². The molecule has 1 rings (SSSR count). The predicted octanol–water partition coefficient (Wildman–Crippen LogP) is 1.11. The Morgan fingerprint density at radius 1 is 0.935 bits per heavy atom. The van der Waals surface area contributed by atoms with Crippen LogP contribution in [0.5, 0.6) is 0 Å². The number of nitrogens with zero attached hydrogens (tertiary/aromatic N) is 1. The van der Waals surface area contributed by atoms with E-state index in [4.69, 9.17) is 5.73 Å². The van der Waals surface area contributed by atoms with Crippen LogP contribution < -0.4 is 16.4 Å². The van der Waals surface area contributed by atoms with E-state index in [2.05, 4.69) is 10.6 Å². The lowest BCUT2D eigenvalue weighted by molar-refractivity contribution is -0.149. The van der Waals surface area contributed by atoms with Crippen molar-refractivity contribution in [3.63, 3.8) is 0 Å². The molecule has 1 aliphatic heterocycles. The van der Waals surface area contributed by atoms with Gasteiger partial charge in [0.25, 0.3) is 0 Å². The highest BCUT2D eigenvalue weighted by Crippen LogP contribution is 2.20. The number of rotatable bonds is 11. The van der Waals surface area contributed by atoms with Crippen molar-refractivity contribution in [2.75, 3.05) is 6.54 Å². The minimum atomic E-state index is -1.03. The maximum Gasteiger partial charge on any atom is 0.326 e. The fraction of sp³-hybridized carbons (Fsp3) is 0.818. The van der Waals surface area contributed by atoms with Gasteiger partial charge in [-0.1, -0.05) is 41.5 Å². The van der Waals surface area contributed by atoms with E-state index in [0.29, 0.717) is 32.2 Å². The summed E-state index contributed by atoms with van der Waals surface area (Å²) >= 11 is 0. The Hall–Kier alpha value is -2.16. The van der Waals surface area contributed by atoms with Gasteiger partial charge in [-0.15, -0.1) is 0 Å². The van der Waals surface area contributed by atoms with Crippen molar-refractivity contribution >= 4 is 23.7 Å². The van der Waals surface area contributed by atoms with Crippen LogP contribution >= 0.6 is 0 Å². The number of carbonyl (C=O) groups is 4. The summed E-state index contributed by atoms with van der Waals surface area (Å²) in [7, 11) is 0. The molecule has 0 saturated carbocycles. The minimum absolute atomic E-state index is 0.0823. The number of hydrogen-bond acceptors (Lipinski definition) is 5. The third kappa shape index (κ3) is 8.12. The van der Waals surface area contributed by atoms with Crippen LogP contribution in [0.3, 0.4) is 0 Å². The number of hydrogen-bond donors (Lipinski definition) is 4. The van der Waals surface area contributed by atoms with Crippen LogP contribution in [0.1, 0.15) is 67.2 Å². The van der Waals surface area contributed by atoms with Crippen molar-refractivity contribution in [1.82, 2.24) is 15.5 Å². The average molecular weight is 441 g/mol. The first-order chi connectivity index (χ1) is 14.3. The Labute approximate surface area is 185 Å². The molecule has 5 N–H and O–H groups in total. The van der Waals surface area contributed by atoms with E-state index < -0.39 is 42.0 Å². The lowest BCUT2D eigenvalue weighted by atomic mass is 9.98. The van der Waals surface area contributed by atoms with E-state index in [-0.39, 0.29) is 23.7 Å². The molecule has 0 aliphatic carbocycles. The van der Waals surface area contributed by atoms with Crippen molar-refractivity contribution in [1.29, 1.82) is 0 Å². The second-order valence-electron chi connectivity index (χ2n) is 9.68. The predicted molar refractivity (Wildman–Crippen MR) is 118 cm³/mol. The van der Waals surface area contributed by atoms with Gasteiger partial charge >= 0.3 is 5.97 Å². The number of carboxylic acid groups (broad SMARTS) is 1. The Morgan fingerprint density at radius 3 is 1.94 bits per heavy atom. The summed E-state index contributed by atoms with van der Waals surface area (Å²) in [4.78, 5) is 51.5. The zero-order valence-electron chi connectivity index (χ0n) is 19.7. The van der Waals surface area contributed by atoms with Crippen molar-refractivity contribution in [3.8, 4) is 0 Å². The number of nitrogens with two attached hydrogens (primary N) is 1. The summed E-state index contributed by atoms with van der Waals surface area (Å²) in [5.74, 6) is -2.14. The van der Waals surface area contributed by atoms with E-state index >= 15 is 0 Å². The first-order valence-corrected chi connectivity index (χ1v) is 11.2. The molecule has 3 amide bonds. The molecule has 1 saturated heterocycles. The van der Waals surface area contributed by atoms with Crippen molar-refractivity contribution in [3.05, 3.63) is 0 Å². The summed E-state index contributed by atoms with van der Waals surface area (Å²) in [5.41, 5.74) is 5.92. The summed E-state index contributed by atoms with van der Waals surface area (Å²) in [6.45, 7) is 11.7. The van der Waals surface area contributed by atoms with Gasteiger partial charge in [0.2, 0.25) is 17.7 Å². The maximum atomic E-state index is 13.1. The van der Waals surface area contributed by atoms with Gasteiger partial charge < -0.3 is 26.4 Å². The molecule has 0 aromatic carbocycles. The minimum Gasteiger partial charge on any atom is -0.480 e. The summed E-state index contributed by atoms with van der Waals surface area (Å²) < 4.78 is 0. The molecule has 1 aliphatic rings. The van der Waals surface area contributed by atoms with Crippen molar-refractivity contribution < 1.29 is 24.3 Å². The van der Waals surface area contributed by atoms with E-state index in [1.807, 2.05) is 41.5 Å². The Morgan fingerprint density at radius 2 is 1.45 bits per heavy atom. The van der Waals surface area contributed by atoms with E-state index in [0.717, 1.165) is 0 Å². The molecule has 9 heteroatoms. The van der Waals surface area contributed by atoms with Gasteiger partial charge in [0, 0.05) is 6.54 Å². The largest absolute Gasteiger partial charge is 0.480 e. The van der Waals surface area contributed by atoms with Gasteiger partial charge in [-0.2, -0.15) is 0 Å². The van der Waals surface area contributed by atoms with Crippen LogP contribution in [0, 0.1) is 17.8 Å². The van der Waals surface area contributed by atoms with Gasteiger partial charge in [0.05, 0.1) is 6.04 Å². The first kappa shape index (κ1) is 26.9. The molecule has 178 valence electrons. The topological polar surface area (TPSA) is 142 Å². The van der Waals surface area contributed by atoms with E-state index in [1.54, 1.807) is 0 Å². The molecule has 1 heterocycles. The van der Waals surface area contributed by atoms with Gasteiger partial charge in [-0.25, -0.2) is 4.79 Å². The number of carbonyl (C=O) groups excluding carboxylic acids is 3. The number of aliphatic carboxylic acids is 1. The molecule has 31 heavy (non-hydrogen) atoms. The Kier molecular flexibility index (Phi) is 10.4. The fourth-order valence-corrected chi connectivity index (χ4v) is 3.73. The number of nitrogens with one attached hydrogen (secondary N) is 2. The maximum absolute atomic E-state index is 13.1. The Bertz CT molecular complexity index is 650.